The average Bonchev–Trinajstić information content (AvgIpc) is 2.55. The minimum atomic E-state index is 0.174. The van der Waals surface area contributed by atoms with Gasteiger partial charge < -0.3 is 10.2 Å². The fraction of sp³-hybridized carbons (Fsp3) is 0.588. The molecule has 0 aromatic heterocycles. The highest BCUT2D eigenvalue weighted by Gasteiger charge is 2.23. The molecule has 4 heteroatoms. The Morgan fingerprint density at radius 3 is 2.52 bits per heavy atom. The molecule has 21 heavy (non-hydrogen) atoms. The number of hydrogen-bond donors (Lipinski definition) is 1. The second kappa shape index (κ2) is 8.15. The van der Waals surface area contributed by atoms with Crippen molar-refractivity contribution in [1.29, 1.82) is 0 Å². The Bertz CT molecular complexity index is 429. The molecule has 0 saturated carbocycles. The van der Waals surface area contributed by atoms with Crippen LogP contribution in [0.3, 0.4) is 0 Å². The van der Waals surface area contributed by atoms with E-state index in [1.165, 1.54) is 0 Å². The van der Waals surface area contributed by atoms with Crippen molar-refractivity contribution in [2.75, 3.05) is 38.1 Å². The largest absolute Gasteiger partial charge is 0.317 e. The number of nitrogens with zero attached hydrogens (tertiary/aromatic N) is 2. The molecule has 1 heterocycles. The zero-order valence-corrected chi connectivity index (χ0v) is 13.2. The van der Waals surface area contributed by atoms with Crippen molar-refractivity contribution in [3.05, 3.63) is 30.3 Å². The van der Waals surface area contributed by atoms with Gasteiger partial charge in [-0.05, 0) is 51.0 Å². The van der Waals surface area contributed by atoms with Crippen molar-refractivity contribution < 1.29 is 4.79 Å². The van der Waals surface area contributed by atoms with Gasteiger partial charge in [-0.15, -0.1) is 0 Å². The molecule has 0 radical (unpaired) electrons. The van der Waals surface area contributed by atoms with E-state index in [4.69, 9.17) is 0 Å². The van der Waals surface area contributed by atoms with Crippen LogP contribution in [0.2, 0.25) is 0 Å². The zero-order chi connectivity index (χ0) is 15.1. The normalized spacial score (nSPS) is 16.1. The molecule has 1 fully saturated rings. The maximum absolute atomic E-state index is 12.5. The van der Waals surface area contributed by atoms with Gasteiger partial charge in [-0.3, -0.25) is 9.69 Å². The zero-order valence-electron chi connectivity index (χ0n) is 13.2. The summed E-state index contributed by atoms with van der Waals surface area (Å²) >= 11 is 0. The van der Waals surface area contributed by atoms with Gasteiger partial charge in [0, 0.05) is 18.8 Å². The number of amides is 1. The summed E-state index contributed by atoms with van der Waals surface area (Å²) in [4.78, 5) is 16.7. The Balaban J connectivity index is 1.97. The van der Waals surface area contributed by atoms with Crippen LogP contribution in [-0.4, -0.2) is 50.1 Å². The third kappa shape index (κ3) is 4.55. The van der Waals surface area contributed by atoms with Crippen molar-refractivity contribution in [2.24, 2.45) is 0 Å². The molecule has 0 atom stereocenters. The lowest BCUT2D eigenvalue weighted by atomic mass is 10.0. The fourth-order valence-corrected chi connectivity index (χ4v) is 2.93. The predicted octanol–water partition coefficient (Wildman–Crippen LogP) is 2.11. The van der Waals surface area contributed by atoms with Gasteiger partial charge in [0.1, 0.15) is 0 Å². The SMILES string of the molecule is CCCN(CC(=O)N(C)c1ccccc1)C1CCNCC1. The first kappa shape index (κ1) is 16.0. The van der Waals surface area contributed by atoms with Gasteiger partial charge >= 0.3 is 0 Å². The Labute approximate surface area is 128 Å². The third-order valence-electron chi connectivity index (χ3n) is 4.19. The topological polar surface area (TPSA) is 35.6 Å². The molecular formula is C17H27N3O. The molecule has 0 spiro atoms. The molecule has 0 unspecified atom stereocenters. The van der Waals surface area contributed by atoms with Crippen LogP contribution >= 0.6 is 0 Å². The van der Waals surface area contributed by atoms with Crippen molar-refractivity contribution in [3.63, 3.8) is 0 Å². The lowest BCUT2D eigenvalue weighted by molar-refractivity contribution is -0.120. The van der Waals surface area contributed by atoms with E-state index in [2.05, 4.69) is 17.1 Å². The molecule has 1 N–H and O–H groups in total. The highest BCUT2D eigenvalue weighted by molar-refractivity contribution is 5.94. The minimum absolute atomic E-state index is 0.174. The molecule has 2 rings (SSSR count). The predicted molar refractivity (Wildman–Crippen MR) is 87.6 cm³/mol. The second-order valence-electron chi connectivity index (χ2n) is 5.74. The Morgan fingerprint density at radius 1 is 1.24 bits per heavy atom. The van der Waals surface area contributed by atoms with Gasteiger partial charge in [0.2, 0.25) is 5.91 Å². The van der Waals surface area contributed by atoms with Gasteiger partial charge in [-0.2, -0.15) is 0 Å². The summed E-state index contributed by atoms with van der Waals surface area (Å²) in [6, 6.07) is 10.4. The van der Waals surface area contributed by atoms with Crippen LogP contribution in [0.1, 0.15) is 26.2 Å². The maximum Gasteiger partial charge on any atom is 0.240 e. The van der Waals surface area contributed by atoms with E-state index in [-0.39, 0.29) is 5.91 Å². The van der Waals surface area contributed by atoms with Crippen LogP contribution in [0.5, 0.6) is 0 Å². The maximum atomic E-state index is 12.5. The van der Waals surface area contributed by atoms with E-state index in [1.54, 1.807) is 4.90 Å². The fourth-order valence-electron chi connectivity index (χ4n) is 2.93. The van der Waals surface area contributed by atoms with Crippen LogP contribution < -0.4 is 10.2 Å². The smallest absolute Gasteiger partial charge is 0.240 e. The Morgan fingerprint density at radius 2 is 1.90 bits per heavy atom. The molecule has 4 nitrogen and oxygen atoms in total. The van der Waals surface area contributed by atoms with Gasteiger partial charge in [0.15, 0.2) is 0 Å². The minimum Gasteiger partial charge on any atom is -0.317 e. The van der Waals surface area contributed by atoms with E-state index in [0.29, 0.717) is 12.6 Å². The summed E-state index contributed by atoms with van der Waals surface area (Å²) in [6.07, 6.45) is 3.37. The molecule has 1 amide bonds. The highest BCUT2D eigenvalue weighted by Crippen LogP contribution is 2.15. The standard InChI is InChI=1S/C17H27N3O/c1-3-13-20(16-9-11-18-12-10-16)14-17(21)19(2)15-7-5-4-6-8-15/h4-8,16,18H,3,9-14H2,1-2H3. The summed E-state index contributed by atoms with van der Waals surface area (Å²) in [6.45, 7) is 5.82. The van der Waals surface area contributed by atoms with Crippen molar-refractivity contribution in [1.82, 2.24) is 10.2 Å². The summed E-state index contributed by atoms with van der Waals surface area (Å²) in [5, 5.41) is 3.39. The lowest BCUT2D eigenvalue weighted by Gasteiger charge is -2.35. The van der Waals surface area contributed by atoms with Crippen molar-refractivity contribution in [2.45, 2.75) is 32.2 Å². The Kier molecular flexibility index (Phi) is 6.21. The number of benzene rings is 1. The van der Waals surface area contributed by atoms with Crippen molar-refractivity contribution in [3.8, 4) is 0 Å². The van der Waals surface area contributed by atoms with E-state index >= 15 is 0 Å². The quantitative estimate of drug-likeness (QED) is 0.871. The number of para-hydroxylation sites is 1. The molecule has 0 bridgehead atoms. The molecular weight excluding hydrogens is 262 g/mol. The number of likely N-dealkylation sites (N-methyl/N-ethyl adjacent to an activating group) is 1. The first-order valence-corrected chi connectivity index (χ1v) is 7.98. The highest BCUT2D eigenvalue weighted by atomic mass is 16.2. The second-order valence-corrected chi connectivity index (χ2v) is 5.74. The van der Waals surface area contributed by atoms with Gasteiger partial charge in [-0.1, -0.05) is 25.1 Å². The van der Waals surface area contributed by atoms with Crippen LogP contribution in [0.4, 0.5) is 5.69 Å². The number of rotatable bonds is 6. The van der Waals surface area contributed by atoms with Crippen LogP contribution in [0, 0.1) is 0 Å². The number of carbonyl (C=O) groups is 1. The first-order chi connectivity index (χ1) is 10.2. The van der Waals surface area contributed by atoms with Crippen LogP contribution in [0.25, 0.3) is 0 Å². The van der Waals surface area contributed by atoms with Crippen LogP contribution in [0.15, 0.2) is 30.3 Å². The number of hydrogen-bond acceptors (Lipinski definition) is 3. The monoisotopic (exact) mass is 289 g/mol. The van der Waals surface area contributed by atoms with E-state index in [1.807, 2.05) is 37.4 Å². The van der Waals surface area contributed by atoms with Gasteiger partial charge in [0.25, 0.3) is 0 Å². The van der Waals surface area contributed by atoms with E-state index < -0.39 is 0 Å². The summed E-state index contributed by atoms with van der Waals surface area (Å²) in [7, 11) is 1.87. The third-order valence-corrected chi connectivity index (χ3v) is 4.19. The first-order valence-electron chi connectivity index (χ1n) is 7.98. The van der Waals surface area contributed by atoms with E-state index in [9.17, 15) is 4.79 Å². The molecule has 1 aromatic carbocycles. The molecule has 1 aliphatic heterocycles. The van der Waals surface area contributed by atoms with E-state index in [0.717, 1.165) is 44.6 Å². The average molecular weight is 289 g/mol. The van der Waals surface area contributed by atoms with Gasteiger partial charge in [0.05, 0.1) is 6.54 Å². The van der Waals surface area contributed by atoms with Crippen LogP contribution in [-0.2, 0) is 4.79 Å². The number of piperidine rings is 1. The van der Waals surface area contributed by atoms with Crippen molar-refractivity contribution >= 4 is 11.6 Å². The number of nitrogens with one attached hydrogen (secondary N) is 1. The lowest BCUT2D eigenvalue weighted by Crippen LogP contribution is -2.48. The summed E-state index contributed by atoms with van der Waals surface area (Å²) in [5.74, 6) is 0.174. The Hall–Kier alpha value is -1.39. The summed E-state index contributed by atoms with van der Waals surface area (Å²) < 4.78 is 0. The number of anilines is 1. The molecule has 1 saturated heterocycles. The summed E-state index contributed by atoms with van der Waals surface area (Å²) in [5.41, 5.74) is 0.962. The number of carbonyl (C=O) groups excluding carboxylic acids is 1. The molecule has 0 aliphatic carbocycles. The van der Waals surface area contributed by atoms with Gasteiger partial charge in [-0.25, -0.2) is 0 Å². The molecule has 1 aliphatic rings. The molecule has 1 aromatic rings. The molecule has 116 valence electrons.